The third-order valence-corrected chi connectivity index (χ3v) is 3.36. The van der Waals surface area contributed by atoms with Crippen LogP contribution in [0.1, 0.15) is 30.8 Å². The van der Waals surface area contributed by atoms with Crippen molar-refractivity contribution in [2.45, 2.75) is 26.4 Å². The SMILES string of the molecule is CC(O)CC(C)CNC(=O)c1nn(-c2ccccc2F)cc1O. The van der Waals surface area contributed by atoms with Crippen molar-refractivity contribution in [3.8, 4) is 11.4 Å². The highest BCUT2D eigenvalue weighted by Crippen LogP contribution is 2.20. The summed E-state index contributed by atoms with van der Waals surface area (Å²) in [7, 11) is 0. The third kappa shape index (κ3) is 4.29. The number of carbonyl (C=O) groups excluding carboxylic acids is 1. The number of para-hydroxylation sites is 1. The highest BCUT2D eigenvalue weighted by Gasteiger charge is 2.19. The number of hydrogen-bond donors (Lipinski definition) is 3. The van der Waals surface area contributed by atoms with Crippen molar-refractivity contribution in [2.75, 3.05) is 6.54 Å². The molecule has 23 heavy (non-hydrogen) atoms. The fraction of sp³-hybridized carbons (Fsp3) is 0.375. The van der Waals surface area contributed by atoms with Gasteiger partial charge in [-0.3, -0.25) is 4.79 Å². The van der Waals surface area contributed by atoms with Crippen molar-refractivity contribution < 1.29 is 19.4 Å². The lowest BCUT2D eigenvalue weighted by Gasteiger charge is -2.13. The molecule has 2 rings (SSSR count). The van der Waals surface area contributed by atoms with Crippen LogP contribution in [0, 0.1) is 11.7 Å². The van der Waals surface area contributed by atoms with Gasteiger partial charge in [-0.2, -0.15) is 5.10 Å². The molecule has 2 atom stereocenters. The second-order valence-electron chi connectivity index (χ2n) is 5.66. The molecule has 1 amide bonds. The zero-order chi connectivity index (χ0) is 17.0. The lowest BCUT2D eigenvalue weighted by Crippen LogP contribution is -2.30. The number of carbonyl (C=O) groups is 1. The van der Waals surface area contributed by atoms with E-state index in [9.17, 15) is 19.4 Å². The van der Waals surface area contributed by atoms with E-state index >= 15 is 0 Å². The van der Waals surface area contributed by atoms with Gasteiger partial charge in [0, 0.05) is 6.54 Å². The molecule has 0 fully saturated rings. The predicted molar refractivity (Wildman–Crippen MR) is 83.0 cm³/mol. The molecular formula is C16H20FN3O3. The minimum absolute atomic E-state index is 0.0785. The van der Waals surface area contributed by atoms with E-state index in [4.69, 9.17) is 0 Å². The summed E-state index contributed by atoms with van der Waals surface area (Å²) in [6, 6.07) is 5.94. The number of aromatic hydroxyl groups is 1. The summed E-state index contributed by atoms with van der Waals surface area (Å²) < 4.78 is 14.8. The van der Waals surface area contributed by atoms with Gasteiger partial charge >= 0.3 is 0 Å². The lowest BCUT2D eigenvalue weighted by molar-refractivity contribution is 0.0931. The Balaban J connectivity index is 2.09. The Morgan fingerprint density at radius 2 is 2.09 bits per heavy atom. The van der Waals surface area contributed by atoms with Crippen molar-refractivity contribution in [1.82, 2.24) is 15.1 Å². The molecule has 1 aromatic carbocycles. The van der Waals surface area contributed by atoms with Crippen molar-refractivity contribution in [3.63, 3.8) is 0 Å². The summed E-state index contributed by atoms with van der Waals surface area (Å²) in [6.45, 7) is 3.92. The molecule has 124 valence electrons. The molecule has 2 aromatic rings. The van der Waals surface area contributed by atoms with Crippen molar-refractivity contribution in [1.29, 1.82) is 0 Å². The molecule has 0 radical (unpaired) electrons. The predicted octanol–water partition coefficient (Wildman–Crippen LogP) is 1.85. The van der Waals surface area contributed by atoms with Gasteiger partial charge in [-0.15, -0.1) is 0 Å². The van der Waals surface area contributed by atoms with Gasteiger partial charge in [0.05, 0.1) is 12.3 Å². The number of nitrogens with zero attached hydrogens (tertiary/aromatic N) is 2. The molecule has 0 aliphatic heterocycles. The number of rotatable bonds is 6. The van der Waals surface area contributed by atoms with Gasteiger partial charge in [0.1, 0.15) is 11.5 Å². The molecule has 0 saturated carbocycles. The average molecular weight is 321 g/mol. The first-order valence-electron chi connectivity index (χ1n) is 7.38. The topological polar surface area (TPSA) is 87.4 Å². The first kappa shape index (κ1) is 17.0. The van der Waals surface area contributed by atoms with Crippen LogP contribution in [-0.2, 0) is 0 Å². The molecule has 0 aliphatic rings. The molecule has 1 aromatic heterocycles. The van der Waals surface area contributed by atoms with Crippen LogP contribution >= 0.6 is 0 Å². The van der Waals surface area contributed by atoms with Crippen LogP contribution in [0.3, 0.4) is 0 Å². The standard InChI is InChI=1S/C16H20FN3O3/c1-10(7-11(2)21)8-18-16(23)15-14(22)9-20(19-15)13-6-4-3-5-12(13)17/h3-6,9-11,21-22H,7-8H2,1-2H3,(H,18,23). The summed E-state index contributed by atoms with van der Waals surface area (Å²) in [6.07, 6.45) is 1.29. The van der Waals surface area contributed by atoms with Gasteiger partial charge in [-0.1, -0.05) is 19.1 Å². The molecular weight excluding hydrogens is 301 g/mol. The number of aliphatic hydroxyl groups is 1. The van der Waals surface area contributed by atoms with Crippen molar-refractivity contribution >= 4 is 5.91 Å². The number of hydrogen-bond acceptors (Lipinski definition) is 4. The zero-order valence-electron chi connectivity index (χ0n) is 13.0. The smallest absolute Gasteiger partial charge is 0.275 e. The normalized spacial score (nSPS) is 13.6. The first-order chi connectivity index (χ1) is 10.9. The maximum absolute atomic E-state index is 13.7. The molecule has 0 saturated heterocycles. The molecule has 3 N–H and O–H groups in total. The number of benzene rings is 1. The fourth-order valence-corrected chi connectivity index (χ4v) is 2.30. The average Bonchev–Trinajstić information content (AvgIpc) is 2.86. The summed E-state index contributed by atoms with van der Waals surface area (Å²) in [5, 5.41) is 25.7. The number of amides is 1. The third-order valence-electron chi connectivity index (χ3n) is 3.36. The zero-order valence-corrected chi connectivity index (χ0v) is 13.0. The Kier molecular flexibility index (Phi) is 5.33. The largest absolute Gasteiger partial charge is 0.504 e. The highest BCUT2D eigenvalue weighted by molar-refractivity contribution is 5.94. The maximum atomic E-state index is 13.7. The van der Waals surface area contributed by atoms with E-state index in [1.54, 1.807) is 19.1 Å². The van der Waals surface area contributed by atoms with Crippen molar-refractivity contribution in [3.05, 3.63) is 42.0 Å². The van der Waals surface area contributed by atoms with E-state index < -0.39 is 17.8 Å². The van der Waals surface area contributed by atoms with E-state index in [2.05, 4.69) is 10.4 Å². The van der Waals surface area contributed by atoms with Gasteiger partial charge in [0.2, 0.25) is 0 Å². The van der Waals surface area contributed by atoms with E-state index in [1.165, 1.54) is 18.3 Å². The summed E-state index contributed by atoms with van der Waals surface area (Å²) in [4.78, 5) is 12.1. The van der Waals surface area contributed by atoms with Gasteiger partial charge in [-0.25, -0.2) is 9.07 Å². The van der Waals surface area contributed by atoms with Crippen LogP contribution < -0.4 is 5.32 Å². The molecule has 1 heterocycles. The minimum Gasteiger partial charge on any atom is -0.504 e. The second-order valence-corrected chi connectivity index (χ2v) is 5.66. The number of aliphatic hydroxyl groups excluding tert-OH is 1. The van der Waals surface area contributed by atoms with Crippen LogP contribution in [0.25, 0.3) is 5.69 Å². The molecule has 0 aliphatic carbocycles. The van der Waals surface area contributed by atoms with E-state index in [0.29, 0.717) is 13.0 Å². The Bertz CT molecular complexity index is 685. The Morgan fingerprint density at radius 1 is 1.39 bits per heavy atom. The molecule has 6 nitrogen and oxygen atoms in total. The number of aromatic nitrogens is 2. The van der Waals surface area contributed by atoms with E-state index in [0.717, 1.165) is 4.68 Å². The van der Waals surface area contributed by atoms with Gasteiger partial charge in [0.25, 0.3) is 5.91 Å². The minimum atomic E-state index is -0.546. The summed E-state index contributed by atoms with van der Waals surface area (Å²) >= 11 is 0. The van der Waals surface area contributed by atoms with Gasteiger partial charge in [-0.05, 0) is 31.4 Å². The molecule has 0 spiro atoms. The van der Waals surface area contributed by atoms with Crippen LogP contribution in [0.4, 0.5) is 4.39 Å². The highest BCUT2D eigenvalue weighted by atomic mass is 19.1. The quantitative estimate of drug-likeness (QED) is 0.758. The van der Waals surface area contributed by atoms with Crippen LogP contribution in [0.5, 0.6) is 5.75 Å². The Hall–Kier alpha value is -2.41. The van der Waals surface area contributed by atoms with Crippen LogP contribution in [0.2, 0.25) is 0 Å². The second kappa shape index (κ2) is 7.23. The molecule has 0 bridgehead atoms. The van der Waals surface area contributed by atoms with E-state index in [-0.39, 0.29) is 23.0 Å². The van der Waals surface area contributed by atoms with Gasteiger partial charge < -0.3 is 15.5 Å². The van der Waals surface area contributed by atoms with Gasteiger partial charge in [0.15, 0.2) is 11.4 Å². The molecule has 7 heteroatoms. The van der Waals surface area contributed by atoms with E-state index in [1.807, 2.05) is 6.92 Å². The van der Waals surface area contributed by atoms with Crippen molar-refractivity contribution in [2.24, 2.45) is 5.92 Å². The number of halogens is 1. The van der Waals surface area contributed by atoms with Crippen LogP contribution in [-0.4, -0.2) is 38.5 Å². The number of nitrogens with one attached hydrogen (secondary N) is 1. The summed E-state index contributed by atoms with van der Waals surface area (Å²) in [5.74, 6) is -1.30. The monoisotopic (exact) mass is 321 g/mol. The lowest BCUT2D eigenvalue weighted by atomic mass is 10.0. The molecule has 2 unspecified atom stereocenters. The fourth-order valence-electron chi connectivity index (χ4n) is 2.30. The Labute approximate surface area is 133 Å². The van der Waals surface area contributed by atoms with Crippen LogP contribution in [0.15, 0.2) is 30.5 Å². The first-order valence-corrected chi connectivity index (χ1v) is 7.38. The maximum Gasteiger partial charge on any atom is 0.275 e. The Morgan fingerprint density at radius 3 is 2.74 bits per heavy atom. The summed E-state index contributed by atoms with van der Waals surface area (Å²) in [5.41, 5.74) is -0.0261.